The second-order valence-corrected chi connectivity index (χ2v) is 9.02. The van der Waals surface area contributed by atoms with Gasteiger partial charge in [-0.2, -0.15) is 0 Å². The molecule has 3 rings (SSSR count). The lowest BCUT2D eigenvalue weighted by molar-refractivity contribution is 0.0935. The first-order chi connectivity index (χ1) is 14.3. The van der Waals surface area contributed by atoms with Crippen molar-refractivity contribution >= 4 is 33.2 Å². The molecule has 7 heteroatoms. The monoisotopic (exact) mass is 442 g/mol. The van der Waals surface area contributed by atoms with E-state index in [1.165, 1.54) is 18.2 Å². The summed E-state index contributed by atoms with van der Waals surface area (Å²) in [5.74, 6) is -0.366. The van der Waals surface area contributed by atoms with Crippen LogP contribution in [0.4, 0.5) is 5.69 Å². The molecule has 2 N–H and O–H groups in total. The van der Waals surface area contributed by atoms with Crippen LogP contribution in [0.2, 0.25) is 5.02 Å². The van der Waals surface area contributed by atoms with Crippen LogP contribution in [0.5, 0.6) is 0 Å². The predicted octanol–water partition coefficient (Wildman–Crippen LogP) is 5.33. The summed E-state index contributed by atoms with van der Waals surface area (Å²) >= 11 is 6.14. The highest BCUT2D eigenvalue weighted by molar-refractivity contribution is 7.92. The van der Waals surface area contributed by atoms with E-state index in [-0.39, 0.29) is 27.4 Å². The third kappa shape index (κ3) is 5.20. The van der Waals surface area contributed by atoms with Gasteiger partial charge in [0.1, 0.15) is 4.90 Å². The summed E-state index contributed by atoms with van der Waals surface area (Å²) in [6, 6.07) is 20.5. The maximum atomic E-state index is 12.8. The van der Waals surface area contributed by atoms with Gasteiger partial charge in [-0.05, 0) is 49.2 Å². The van der Waals surface area contributed by atoms with Crippen molar-refractivity contribution in [2.45, 2.75) is 31.2 Å². The van der Waals surface area contributed by atoms with Crippen LogP contribution >= 0.6 is 11.6 Å². The van der Waals surface area contributed by atoms with Crippen molar-refractivity contribution in [3.8, 4) is 0 Å². The molecule has 0 saturated heterocycles. The molecule has 3 aromatic rings. The number of benzene rings is 3. The molecule has 1 amide bonds. The molecule has 0 bridgehead atoms. The minimum absolute atomic E-state index is 0.0422. The van der Waals surface area contributed by atoms with Crippen molar-refractivity contribution in [3.63, 3.8) is 0 Å². The zero-order valence-electron chi connectivity index (χ0n) is 16.7. The number of carbonyl (C=O) groups excluding carboxylic acids is 1. The van der Waals surface area contributed by atoms with E-state index in [1.807, 2.05) is 38.1 Å². The number of aryl methyl sites for hydroxylation is 1. The molecule has 0 unspecified atom stereocenters. The van der Waals surface area contributed by atoms with Crippen molar-refractivity contribution in [2.24, 2.45) is 0 Å². The topological polar surface area (TPSA) is 75.3 Å². The molecule has 3 aromatic carbocycles. The number of amides is 1. The number of anilines is 1. The Bertz CT molecular complexity index is 1130. The minimum Gasteiger partial charge on any atom is -0.345 e. The van der Waals surface area contributed by atoms with Crippen LogP contribution in [0.3, 0.4) is 0 Å². The van der Waals surface area contributed by atoms with Crippen LogP contribution in [-0.2, 0) is 10.0 Å². The van der Waals surface area contributed by atoms with E-state index >= 15 is 0 Å². The molecule has 0 saturated carbocycles. The average molecular weight is 443 g/mol. The van der Waals surface area contributed by atoms with Gasteiger partial charge in [0.05, 0.1) is 11.1 Å². The lowest BCUT2D eigenvalue weighted by Gasteiger charge is -2.18. The van der Waals surface area contributed by atoms with Crippen molar-refractivity contribution in [1.82, 2.24) is 5.32 Å². The molecule has 0 fully saturated rings. The minimum atomic E-state index is -3.95. The Labute approximate surface area is 182 Å². The summed E-state index contributed by atoms with van der Waals surface area (Å²) in [6.07, 6.45) is 0.698. The lowest BCUT2D eigenvalue weighted by atomic mass is 10.0. The van der Waals surface area contributed by atoms with Gasteiger partial charge in [0.15, 0.2) is 0 Å². The van der Waals surface area contributed by atoms with Crippen LogP contribution < -0.4 is 10.0 Å². The number of hydrogen-bond donors (Lipinski definition) is 2. The molecule has 0 spiro atoms. The Balaban J connectivity index is 1.84. The molecular weight excluding hydrogens is 420 g/mol. The molecular formula is C23H23ClN2O3S. The number of carbonyl (C=O) groups is 1. The maximum absolute atomic E-state index is 12.8. The van der Waals surface area contributed by atoms with E-state index in [1.54, 1.807) is 30.3 Å². The zero-order valence-corrected chi connectivity index (χ0v) is 18.3. The van der Waals surface area contributed by atoms with Crippen molar-refractivity contribution in [3.05, 3.63) is 94.5 Å². The van der Waals surface area contributed by atoms with Crippen LogP contribution in [0.15, 0.2) is 77.7 Å². The van der Waals surface area contributed by atoms with E-state index in [0.717, 1.165) is 11.1 Å². The standard InChI is InChI=1S/C23H23ClN2O3S/c1-3-21(17-11-9-16(2)10-12-17)25-23(27)18-13-14-20(24)22(15-18)30(28,29)26-19-7-5-4-6-8-19/h4-15,21,26H,3H2,1-2H3,(H,25,27)/t21-/m1/s1. The Morgan fingerprint density at radius 2 is 1.67 bits per heavy atom. The lowest BCUT2D eigenvalue weighted by Crippen LogP contribution is -2.28. The molecule has 0 aliphatic carbocycles. The summed E-state index contributed by atoms with van der Waals surface area (Å²) in [5, 5.41) is 3.01. The SMILES string of the molecule is CC[C@@H](NC(=O)c1ccc(Cl)c(S(=O)(=O)Nc2ccccc2)c1)c1ccc(C)cc1. The Morgan fingerprint density at radius 1 is 1.00 bits per heavy atom. The van der Waals surface area contributed by atoms with E-state index in [0.29, 0.717) is 12.1 Å². The molecule has 0 aliphatic heterocycles. The maximum Gasteiger partial charge on any atom is 0.263 e. The molecule has 0 radical (unpaired) electrons. The first-order valence-corrected chi connectivity index (χ1v) is 11.4. The van der Waals surface area contributed by atoms with Gasteiger partial charge in [-0.15, -0.1) is 0 Å². The van der Waals surface area contributed by atoms with Crippen molar-refractivity contribution in [1.29, 1.82) is 0 Å². The summed E-state index contributed by atoms with van der Waals surface area (Å²) < 4.78 is 28.1. The van der Waals surface area contributed by atoms with Gasteiger partial charge >= 0.3 is 0 Å². The highest BCUT2D eigenvalue weighted by Crippen LogP contribution is 2.26. The fourth-order valence-electron chi connectivity index (χ4n) is 3.03. The van der Waals surface area contributed by atoms with E-state index in [2.05, 4.69) is 10.0 Å². The second kappa shape index (κ2) is 9.32. The molecule has 0 aromatic heterocycles. The highest BCUT2D eigenvalue weighted by atomic mass is 35.5. The molecule has 5 nitrogen and oxygen atoms in total. The number of hydrogen-bond acceptors (Lipinski definition) is 3. The fourth-order valence-corrected chi connectivity index (χ4v) is 4.61. The van der Waals surface area contributed by atoms with E-state index in [4.69, 9.17) is 11.6 Å². The van der Waals surface area contributed by atoms with Crippen LogP contribution in [0.1, 0.15) is 40.9 Å². The Morgan fingerprint density at radius 3 is 2.30 bits per heavy atom. The number of halogens is 1. The van der Waals surface area contributed by atoms with E-state index in [9.17, 15) is 13.2 Å². The summed E-state index contributed by atoms with van der Waals surface area (Å²) in [5.41, 5.74) is 2.76. The smallest absolute Gasteiger partial charge is 0.263 e. The Kier molecular flexibility index (Phi) is 6.80. The molecule has 1 atom stereocenters. The van der Waals surface area contributed by atoms with Gasteiger partial charge in [-0.1, -0.05) is 66.6 Å². The van der Waals surface area contributed by atoms with Gasteiger partial charge < -0.3 is 5.32 Å². The van der Waals surface area contributed by atoms with Crippen LogP contribution in [0.25, 0.3) is 0 Å². The van der Waals surface area contributed by atoms with Gasteiger partial charge in [-0.3, -0.25) is 9.52 Å². The molecule has 156 valence electrons. The number of nitrogens with one attached hydrogen (secondary N) is 2. The number of rotatable bonds is 7. The summed E-state index contributed by atoms with van der Waals surface area (Å²) in [4.78, 5) is 12.7. The quantitative estimate of drug-likeness (QED) is 0.519. The molecule has 0 aliphatic rings. The van der Waals surface area contributed by atoms with Crippen LogP contribution in [0, 0.1) is 6.92 Å². The second-order valence-electron chi connectivity index (χ2n) is 6.96. The number of sulfonamides is 1. The highest BCUT2D eigenvalue weighted by Gasteiger charge is 2.21. The summed E-state index contributed by atoms with van der Waals surface area (Å²) in [7, 11) is -3.95. The van der Waals surface area contributed by atoms with Crippen LogP contribution in [-0.4, -0.2) is 14.3 Å². The molecule has 30 heavy (non-hydrogen) atoms. The fraction of sp³-hybridized carbons (Fsp3) is 0.174. The first kappa shape index (κ1) is 21.9. The molecule has 0 heterocycles. The Hall–Kier alpha value is -2.83. The van der Waals surface area contributed by atoms with Crippen molar-refractivity contribution in [2.75, 3.05) is 4.72 Å². The predicted molar refractivity (Wildman–Crippen MR) is 120 cm³/mol. The van der Waals surface area contributed by atoms with Gasteiger partial charge in [0.25, 0.3) is 15.9 Å². The summed E-state index contributed by atoms with van der Waals surface area (Å²) in [6.45, 7) is 3.98. The van der Waals surface area contributed by atoms with Gasteiger partial charge in [-0.25, -0.2) is 8.42 Å². The first-order valence-electron chi connectivity index (χ1n) is 9.55. The third-order valence-corrected chi connectivity index (χ3v) is 6.57. The number of para-hydroxylation sites is 1. The van der Waals surface area contributed by atoms with E-state index < -0.39 is 10.0 Å². The largest absolute Gasteiger partial charge is 0.345 e. The average Bonchev–Trinajstić information content (AvgIpc) is 2.73. The van der Waals surface area contributed by atoms with Gasteiger partial charge in [0.2, 0.25) is 0 Å². The third-order valence-electron chi connectivity index (χ3n) is 4.70. The van der Waals surface area contributed by atoms with Gasteiger partial charge in [0, 0.05) is 11.3 Å². The normalized spacial score (nSPS) is 12.2. The zero-order chi connectivity index (χ0) is 21.7. The van der Waals surface area contributed by atoms with Crippen molar-refractivity contribution < 1.29 is 13.2 Å².